The Morgan fingerprint density at radius 3 is 2.90 bits per heavy atom. The zero-order valence-corrected chi connectivity index (χ0v) is 17.9. The lowest BCUT2D eigenvalue weighted by Gasteiger charge is -2.32. The number of pyridine rings is 1. The predicted molar refractivity (Wildman–Crippen MR) is 115 cm³/mol. The lowest BCUT2D eigenvalue weighted by Crippen LogP contribution is -2.44. The third-order valence-corrected chi connectivity index (χ3v) is 6.11. The van der Waals surface area contributed by atoms with Crippen molar-refractivity contribution in [3.8, 4) is 10.8 Å². The van der Waals surface area contributed by atoms with Crippen molar-refractivity contribution < 1.29 is 14.0 Å². The number of carbonyl (C=O) groups is 2. The van der Waals surface area contributed by atoms with E-state index in [4.69, 9.17) is 4.42 Å². The number of nitrogens with one attached hydrogen (secondary N) is 1. The van der Waals surface area contributed by atoms with Crippen LogP contribution in [0.5, 0.6) is 0 Å². The van der Waals surface area contributed by atoms with Crippen LogP contribution in [-0.2, 0) is 16.0 Å². The van der Waals surface area contributed by atoms with E-state index in [0.717, 1.165) is 23.3 Å². The first-order valence-electron chi connectivity index (χ1n) is 10.0. The Morgan fingerprint density at radius 1 is 1.30 bits per heavy atom. The van der Waals surface area contributed by atoms with Crippen molar-refractivity contribution in [3.63, 3.8) is 0 Å². The number of aryl methyl sites for hydroxylation is 2. The molecule has 1 aliphatic heterocycles. The summed E-state index contributed by atoms with van der Waals surface area (Å²) in [6.45, 7) is 4.84. The molecule has 2 amide bonds. The van der Waals surface area contributed by atoms with Gasteiger partial charge in [-0.1, -0.05) is 12.1 Å². The molecule has 1 fully saturated rings. The lowest BCUT2D eigenvalue weighted by atomic mass is 9.96. The van der Waals surface area contributed by atoms with Crippen LogP contribution in [0.15, 0.2) is 40.3 Å². The van der Waals surface area contributed by atoms with E-state index in [1.807, 2.05) is 37.4 Å². The first kappa shape index (κ1) is 20.3. The number of likely N-dealkylation sites (tertiary alicyclic amines) is 1. The largest absolute Gasteiger partial charge is 0.440 e. The molecule has 0 aliphatic carbocycles. The number of thiophene rings is 1. The van der Waals surface area contributed by atoms with Gasteiger partial charge in [0.05, 0.1) is 22.9 Å². The van der Waals surface area contributed by atoms with E-state index in [-0.39, 0.29) is 24.2 Å². The maximum absolute atomic E-state index is 12.9. The molecule has 0 aromatic carbocycles. The summed E-state index contributed by atoms with van der Waals surface area (Å²) in [4.78, 5) is 37.0. The van der Waals surface area contributed by atoms with Gasteiger partial charge in [-0.15, -0.1) is 11.3 Å². The number of oxazole rings is 1. The lowest BCUT2D eigenvalue weighted by molar-refractivity contribution is -0.134. The fourth-order valence-corrected chi connectivity index (χ4v) is 4.19. The van der Waals surface area contributed by atoms with Crippen molar-refractivity contribution >= 4 is 29.0 Å². The minimum absolute atomic E-state index is 0.0323. The SMILES string of the molecule is Cc1ccc(NC(=O)[C@H]2CCCN(C(=O)Cc3nc(-c4cccs4)oc3C)C2)nc1. The van der Waals surface area contributed by atoms with Gasteiger partial charge < -0.3 is 14.6 Å². The van der Waals surface area contributed by atoms with Crippen molar-refractivity contribution in [1.29, 1.82) is 0 Å². The van der Waals surface area contributed by atoms with Crippen molar-refractivity contribution in [3.05, 3.63) is 52.9 Å². The van der Waals surface area contributed by atoms with Crippen LogP contribution in [0.1, 0.15) is 29.9 Å². The summed E-state index contributed by atoms with van der Waals surface area (Å²) >= 11 is 1.55. The minimum atomic E-state index is -0.245. The molecule has 3 aromatic rings. The number of hydrogen-bond acceptors (Lipinski definition) is 6. The van der Waals surface area contributed by atoms with E-state index in [0.29, 0.717) is 36.3 Å². The van der Waals surface area contributed by atoms with Gasteiger partial charge in [0.2, 0.25) is 17.7 Å². The number of carbonyl (C=O) groups excluding carboxylic acids is 2. The first-order valence-corrected chi connectivity index (χ1v) is 10.9. The van der Waals surface area contributed by atoms with Gasteiger partial charge in [-0.25, -0.2) is 9.97 Å². The molecule has 4 rings (SSSR count). The van der Waals surface area contributed by atoms with Gasteiger partial charge in [0.25, 0.3) is 0 Å². The summed E-state index contributed by atoms with van der Waals surface area (Å²) in [6, 6.07) is 7.58. The van der Waals surface area contributed by atoms with Crippen molar-refractivity contribution in [2.24, 2.45) is 5.92 Å². The summed E-state index contributed by atoms with van der Waals surface area (Å²) in [5.74, 6) is 1.37. The van der Waals surface area contributed by atoms with E-state index in [9.17, 15) is 9.59 Å². The van der Waals surface area contributed by atoms with E-state index >= 15 is 0 Å². The third-order valence-electron chi connectivity index (χ3n) is 5.25. The maximum atomic E-state index is 12.9. The molecular formula is C22H24N4O3S. The van der Waals surface area contributed by atoms with Crippen molar-refractivity contribution in [2.75, 3.05) is 18.4 Å². The van der Waals surface area contributed by atoms with Crippen LogP contribution in [0.25, 0.3) is 10.8 Å². The van der Waals surface area contributed by atoms with Gasteiger partial charge in [0.15, 0.2) is 0 Å². The molecule has 1 atom stereocenters. The summed E-state index contributed by atoms with van der Waals surface area (Å²) in [7, 11) is 0. The second kappa shape index (κ2) is 8.79. The third kappa shape index (κ3) is 4.59. The van der Waals surface area contributed by atoms with Crippen LogP contribution >= 0.6 is 11.3 Å². The molecule has 0 spiro atoms. The molecule has 0 saturated carbocycles. The Bertz CT molecular complexity index is 1030. The second-order valence-electron chi connectivity index (χ2n) is 7.56. The van der Waals surface area contributed by atoms with Gasteiger partial charge in [-0.05, 0) is 49.8 Å². The summed E-state index contributed by atoms with van der Waals surface area (Å²) in [5.41, 5.74) is 1.69. The number of rotatable bonds is 5. The molecule has 3 aromatic heterocycles. The van der Waals surface area contributed by atoms with Gasteiger partial charge in [-0.2, -0.15) is 0 Å². The first-order chi connectivity index (χ1) is 14.5. The molecular weight excluding hydrogens is 400 g/mol. The zero-order valence-electron chi connectivity index (χ0n) is 17.1. The molecule has 0 radical (unpaired) electrons. The quantitative estimate of drug-likeness (QED) is 0.672. The Labute approximate surface area is 179 Å². The highest BCUT2D eigenvalue weighted by Gasteiger charge is 2.29. The molecule has 4 heterocycles. The van der Waals surface area contributed by atoms with E-state index in [2.05, 4.69) is 15.3 Å². The Hall–Kier alpha value is -3.00. The molecule has 1 aliphatic rings. The average Bonchev–Trinajstić information content (AvgIpc) is 3.40. The highest BCUT2D eigenvalue weighted by atomic mass is 32.1. The predicted octanol–water partition coefficient (Wildman–Crippen LogP) is 3.83. The van der Waals surface area contributed by atoms with E-state index < -0.39 is 0 Å². The molecule has 30 heavy (non-hydrogen) atoms. The van der Waals surface area contributed by atoms with Crippen molar-refractivity contribution in [1.82, 2.24) is 14.9 Å². The monoisotopic (exact) mass is 424 g/mol. The fourth-order valence-electron chi connectivity index (χ4n) is 3.54. The Kier molecular flexibility index (Phi) is 5.94. The molecule has 1 N–H and O–H groups in total. The van der Waals surface area contributed by atoms with Crippen LogP contribution in [0.4, 0.5) is 5.82 Å². The molecule has 0 bridgehead atoms. The Balaban J connectivity index is 1.37. The number of hydrogen-bond donors (Lipinski definition) is 1. The standard InChI is InChI=1S/C22H24N4O3S/c1-14-7-8-19(23-12-14)25-21(28)16-5-3-9-26(13-16)20(27)11-17-15(2)29-22(24-17)18-6-4-10-30-18/h4,6-8,10,12,16H,3,5,9,11,13H2,1-2H3,(H,23,25,28)/t16-/m0/s1. The highest BCUT2D eigenvalue weighted by molar-refractivity contribution is 7.13. The topological polar surface area (TPSA) is 88.3 Å². The summed E-state index contributed by atoms with van der Waals surface area (Å²) in [5, 5.41) is 4.82. The minimum Gasteiger partial charge on any atom is -0.440 e. The molecule has 156 valence electrons. The normalized spacial score (nSPS) is 16.5. The highest BCUT2D eigenvalue weighted by Crippen LogP contribution is 2.26. The summed E-state index contributed by atoms with van der Waals surface area (Å²) < 4.78 is 5.74. The van der Waals surface area contributed by atoms with Gasteiger partial charge in [0.1, 0.15) is 11.6 Å². The van der Waals surface area contributed by atoms with Crippen LogP contribution in [0, 0.1) is 19.8 Å². The van der Waals surface area contributed by atoms with E-state index in [1.54, 1.807) is 28.5 Å². The number of aromatic nitrogens is 2. The molecule has 7 nitrogen and oxygen atoms in total. The molecule has 0 unspecified atom stereocenters. The van der Waals surface area contributed by atoms with Gasteiger partial charge in [0, 0.05) is 19.3 Å². The van der Waals surface area contributed by atoms with Crippen LogP contribution < -0.4 is 5.32 Å². The number of nitrogens with zero attached hydrogens (tertiary/aromatic N) is 3. The van der Waals surface area contributed by atoms with Gasteiger partial charge >= 0.3 is 0 Å². The van der Waals surface area contributed by atoms with Crippen LogP contribution in [0.2, 0.25) is 0 Å². The van der Waals surface area contributed by atoms with Crippen LogP contribution in [0.3, 0.4) is 0 Å². The Morgan fingerprint density at radius 2 is 2.17 bits per heavy atom. The average molecular weight is 425 g/mol. The molecule has 1 saturated heterocycles. The zero-order chi connectivity index (χ0) is 21.1. The number of anilines is 1. The van der Waals surface area contributed by atoms with Crippen molar-refractivity contribution in [2.45, 2.75) is 33.1 Å². The number of piperidine rings is 1. The fraction of sp³-hybridized carbons (Fsp3) is 0.364. The van der Waals surface area contributed by atoms with E-state index in [1.165, 1.54) is 0 Å². The number of amides is 2. The van der Waals surface area contributed by atoms with Gasteiger partial charge in [-0.3, -0.25) is 9.59 Å². The molecule has 8 heteroatoms. The second-order valence-corrected chi connectivity index (χ2v) is 8.51. The maximum Gasteiger partial charge on any atom is 0.236 e. The smallest absolute Gasteiger partial charge is 0.236 e. The van der Waals surface area contributed by atoms with Crippen LogP contribution in [-0.4, -0.2) is 39.8 Å². The summed E-state index contributed by atoms with van der Waals surface area (Å²) in [6.07, 6.45) is 3.45.